The molecular weight excluding hydrogens is 370 g/mol. The molecule has 0 spiro atoms. The smallest absolute Gasteiger partial charge is 0.290 e. The summed E-state index contributed by atoms with van der Waals surface area (Å²) in [7, 11) is 0. The highest BCUT2D eigenvalue weighted by Gasteiger charge is 2.44. The van der Waals surface area contributed by atoms with E-state index in [0.717, 1.165) is 26.1 Å². The third kappa shape index (κ3) is 4.24. The topological polar surface area (TPSA) is 88.1 Å². The Morgan fingerprint density at radius 2 is 2.00 bits per heavy atom. The average molecular weight is 398 g/mol. The van der Waals surface area contributed by atoms with Crippen LogP contribution in [0.5, 0.6) is 0 Å². The molecule has 2 N–H and O–H groups in total. The number of aliphatic hydroxyl groups excluding tert-OH is 1. The quantitative estimate of drug-likeness (QED) is 0.630. The number of rotatable bonds is 9. The Bertz CT molecular complexity index is 900. The van der Waals surface area contributed by atoms with Crippen molar-refractivity contribution >= 4 is 11.7 Å². The van der Waals surface area contributed by atoms with Crippen LogP contribution < -0.4 is 4.90 Å². The fraction of sp³-hybridized carbons (Fsp3) is 0.409. The summed E-state index contributed by atoms with van der Waals surface area (Å²) < 4.78 is 5.45. The molecule has 29 heavy (non-hydrogen) atoms. The van der Waals surface area contributed by atoms with Crippen LogP contribution >= 0.6 is 0 Å². The van der Waals surface area contributed by atoms with Gasteiger partial charge in [-0.05, 0) is 45.0 Å². The van der Waals surface area contributed by atoms with Gasteiger partial charge < -0.3 is 19.3 Å². The Hall–Kier alpha value is -2.93. The molecule has 7 nitrogen and oxygen atoms in total. The van der Waals surface area contributed by atoms with Crippen molar-refractivity contribution in [2.24, 2.45) is 0 Å². The molecule has 1 atom stereocenters. The number of aromatic nitrogens is 1. The number of nitrogens with zero attached hydrogens (tertiary/aromatic N) is 2. The number of hydrogen-bond acceptors (Lipinski definition) is 5. The second kappa shape index (κ2) is 9.05. The van der Waals surface area contributed by atoms with Crippen LogP contribution in [0.4, 0.5) is 0 Å². The lowest BCUT2D eigenvalue weighted by atomic mass is 9.98. The Morgan fingerprint density at radius 1 is 1.24 bits per heavy atom. The molecule has 0 aromatic carbocycles. The van der Waals surface area contributed by atoms with E-state index in [1.54, 1.807) is 48.4 Å². The van der Waals surface area contributed by atoms with Gasteiger partial charge in [0.05, 0.1) is 30.9 Å². The molecule has 1 aliphatic heterocycles. The van der Waals surface area contributed by atoms with Crippen LogP contribution in [0.2, 0.25) is 0 Å². The first-order chi connectivity index (χ1) is 14.0. The first-order valence-electron chi connectivity index (χ1n) is 10.1. The molecule has 154 valence electrons. The molecule has 0 fully saturated rings. The summed E-state index contributed by atoms with van der Waals surface area (Å²) in [6.45, 7) is 9.37. The number of nitrogens with one attached hydrogen (secondary N) is 1. The van der Waals surface area contributed by atoms with Gasteiger partial charge in [0.25, 0.3) is 5.91 Å². The van der Waals surface area contributed by atoms with Gasteiger partial charge in [-0.2, -0.15) is 0 Å². The van der Waals surface area contributed by atoms with Gasteiger partial charge in [0.1, 0.15) is 11.8 Å². The summed E-state index contributed by atoms with van der Waals surface area (Å²) in [6, 6.07) is 7.86. The molecule has 0 aliphatic carbocycles. The van der Waals surface area contributed by atoms with Crippen LogP contribution in [0, 0.1) is 6.92 Å². The van der Waals surface area contributed by atoms with Gasteiger partial charge in [0.15, 0.2) is 11.5 Å². The monoisotopic (exact) mass is 398 g/mol. The van der Waals surface area contributed by atoms with Gasteiger partial charge in [-0.25, -0.2) is 0 Å². The van der Waals surface area contributed by atoms with Gasteiger partial charge in [0.2, 0.25) is 5.78 Å². The summed E-state index contributed by atoms with van der Waals surface area (Å²) in [4.78, 5) is 33.3. The third-order valence-corrected chi connectivity index (χ3v) is 5.41. The van der Waals surface area contributed by atoms with Crippen LogP contribution in [0.3, 0.4) is 0 Å². The largest absolute Gasteiger partial charge is 0.503 e. The molecule has 7 heteroatoms. The molecule has 0 saturated carbocycles. The highest BCUT2D eigenvalue weighted by molar-refractivity contribution is 6.14. The van der Waals surface area contributed by atoms with Crippen LogP contribution in [0.25, 0.3) is 0 Å². The Balaban J connectivity index is 1.91. The van der Waals surface area contributed by atoms with Gasteiger partial charge in [-0.3, -0.25) is 14.6 Å². The maximum absolute atomic E-state index is 13.1. The number of hydrogen-bond donors (Lipinski definition) is 2. The predicted molar refractivity (Wildman–Crippen MR) is 108 cm³/mol. The summed E-state index contributed by atoms with van der Waals surface area (Å²) >= 11 is 0. The fourth-order valence-corrected chi connectivity index (χ4v) is 3.75. The van der Waals surface area contributed by atoms with E-state index in [9.17, 15) is 14.7 Å². The standard InChI is InChI=1S/C22H27N3O4/c1-4-24(5-2)13-8-14-25-19(16-9-6-7-12-23-16)18(21(27)22(25)28)20(26)17-11-10-15(3)29-17/h6-7,9-12,19,27H,4-5,8,13-14H2,1-3H3/p+1/t19-/m0/s1. The summed E-state index contributed by atoms with van der Waals surface area (Å²) in [5, 5.41) is 10.6. The summed E-state index contributed by atoms with van der Waals surface area (Å²) in [5.74, 6) is -0.855. The molecule has 2 aromatic rings. The minimum atomic E-state index is -0.728. The van der Waals surface area contributed by atoms with Crippen molar-refractivity contribution in [3.63, 3.8) is 0 Å². The van der Waals surface area contributed by atoms with E-state index < -0.39 is 23.5 Å². The van der Waals surface area contributed by atoms with E-state index in [-0.39, 0.29) is 11.3 Å². The van der Waals surface area contributed by atoms with Gasteiger partial charge in [0, 0.05) is 19.2 Å². The molecule has 3 rings (SSSR count). The first-order valence-corrected chi connectivity index (χ1v) is 10.1. The van der Waals surface area contributed by atoms with Crippen molar-refractivity contribution in [2.75, 3.05) is 26.2 Å². The molecule has 0 saturated heterocycles. The molecule has 0 radical (unpaired) electrons. The van der Waals surface area contributed by atoms with Crippen molar-refractivity contribution in [3.05, 3.63) is 65.1 Å². The van der Waals surface area contributed by atoms with E-state index >= 15 is 0 Å². The number of carbonyl (C=O) groups is 2. The Labute approximate surface area is 170 Å². The number of furan rings is 1. The van der Waals surface area contributed by atoms with Crippen LogP contribution in [0.1, 0.15) is 48.3 Å². The van der Waals surface area contributed by atoms with Crippen LogP contribution in [-0.2, 0) is 4.79 Å². The average Bonchev–Trinajstić information content (AvgIpc) is 3.28. The zero-order valence-electron chi connectivity index (χ0n) is 17.1. The number of aryl methyl sites for hydroxylation is 1. The van der Waals surface area contributed by atoms with E-state index in [1.165, 1.54) is 4.90 Å². The third-order valence-electron chi connectivity index (χ3n) is 5.41. The van der Waals surface area contributed by atoms with Crippen molar-refractivity contribution in [1.29, 1.82) is 0 Å². The molecule has 2 aromatic heterocycles. The molecule has 0 bridgehead atoms. The van der Waals surface area contributed by atoms with Gasteiger partial charge in [-0.15, -0.1) is 0 Å². The number of aliphatic hydroxyl groups is 1. The minimum absolute atomic E-state index is 0.0261. The molecule has 1 aliphatic rings. The van der Waals surface area contributed by atoms with Crippen molar-refractivity contribution in [3.8, 4) is 0 Å². The van der Waals surface area contributed by atoms with Crippen molar-refractivity contribution in [1.82, 2.24) is 9.88 Å². The van der Waals surface area contributed by atoms with Gasteiger partial charge in [-0.1, -0.05) is 6.07 Å². The second-order valence-electron chi connectivity index (χ2n) is 7.22. The van der Waals surface area contributed by atoms with E-state index in [1.807, 2.05) is 0 Å². The lowest BCUT2D eigenvalue weighted by Gasteiger charge is -2.26. The summed E-state index contributed by atoms with van der Waals surface area (Å²) in [5.41, 5.74) is 0.574. The number of pyridine rings is 1. The number of quaternary nitrogens is 1. The van der Waals surface area contributed by atoms with E-state index in [2.05, 4.69) is 18.8 Å². The zero-order chi connectivity index (χ0) is 21.0. The zero-order valence-corrected chi connectivity index (χ0v) is 17.1. The van der Waals surface area contributed by atoms with Crippen LogP contribution in [-0.4, -0.2) is 52.9 Å². The predicted octanol–water partition coefficient (Wildman–Crippen LogP) is 1.88. The van der Waals surface area contributed by atoms with Crippen molar-refractivity contribution in [2.45, 2.75) is 33.2 Å². The van der Waals surface area contributed by atoms with Crippen LogP contribution in [0.15, 0.2) is 52.3 Å². The number of Topliss-reactive ketones (excluding diaryl/α,β-unsaturated/α-hetero) is 1. The first kappa shape index (κ1) is 20.8. The lowest BCUT2D eigenvalue weighted by molar-refractivity contribution is -0.896. The highest BCUT2D eigenvalue weighted by Crippen LogP contribution is 2.38. The molecule has 1 amide bonds. The molecule has 3 heterocycles. The lowest BCUT2D eigenvalue weighted by Crippen LogP contribution is -3.11. The highest BCUT2D eigenvalue weighted by atomic mass is 16.3. The minimum Gasteiger partial charge on any atom is -0.503 e. The molecule has 0 unspecified atom stereocenters. The normalized spacial score (nSPS) is 16.9. The van der Waals surface area contributed by atoms with Gasteiger partial charge >= 0.3 is 0 Å². The summed E-state index contributed by atoms with van der Waals surface area (Å²) in [6.07, 6.45) is 2.38. The SMILES string of the molecule is CC[NH+](CC)CCCN1C(=O)C(O)=C(C(=O)c2ccc(C)o2)[C@@H]1c1ccccn1. The Morgan fingerprint density at radius 3 is 2.59 bits per heavy atom. The number of amides is 1. The second-order valence-corrected chi connectivity index (χ2v) is 7.22. The maximum atomic E-state index is 13.1. The molecular formula is C22H28N3O4+. The Kier molecular flexibility index (Phi) is 6.49. The maximum Gasteiger partial charge on any atom is 0.290 e. The number of ketones is 1. The fourth-order valence-electron chi connectivity index (χ4n) is 3.75. The number of carbonyl (C=O) groups excluding carboxylic acids is 2. The van der Waals surface area contributed by atoms with E-state index in [4.69, 9.17) is 4.42 Å². The van der Waals surface area contributed by atoms with E-state index in [0.29, 0.717) is 18.0 Å². The van der Waals surface area contributed by atoms with Crippen molar-refractivity contribution < 1.29 is 24.0 Å².